The number of carbonyl (C=O) groups excluding carboxylic acids is 2. The number of thiazole rings is 1. The molecule has 1 N–H and O–H groups in total. The van der Waals surface area contributed by atoms with Gasteiger partial charge in [0, 0.05) is 6.42 Å². The zero-order chi connectivity index (χ0) is 13.8. The Labute approximate surface area is 112 Å². The van der Waals surface area contributed by atoms with Crippen molar-refractivity contribution in [3.05, 3.63) is 24.0 Å². The minimum absolute atomic E-state index is 0.0157. The van der Waals surface area contributed by atoms with E-state index in [1.165, 1.54) is 30.6 Å². The van der Waals surface area contributed by atoms with Crippen LogP contribution in [0, 0.1) is 5.82 Å². The van der Waals surface area contributed by atoms with E-state index in [4.69, 9.17) is 0 Å². The van der Waals surface area contributed by atoms with E-state index < -0.39 is 5.97 Å². The number of ether oxygens (including phenoxy) is 1. The third-order valence-electron chi connectivity index (χ3n) is 2.38. The molecule has 7 heteroatoms. The molecule has 0 bridgehead atoms. The van der Waals surface area contributed by atoms with Crippen molar-refractivity contribution in [2.24, 2.45) is 0 Å². The van der Waals surface area contributed by atoms with Gasteiger partial charge in [-0.15, -0.1) is 0 Å². The van der Waals surface area contributed by atoms with Crippen molar-refractivity contribution < 1.29 is 18.7 Å². The number of nitrogens with zero attached hydrogens (tertiary/aromatic N) is 1. The van der Waals surface area contributed by atoms with Crippen LogP contribution in [0.25, 0.3) is 10.2 Å². The van der Waals surface area contributed by atoms with E-state index in [0.717, 1.165) is 0 Å². The van der Waals surface area contributed by atoms with Gasteiger partial charge in [-0.2, -0.15) is 0 Å². The molecular weight excluding hydrogens is 271 g/mol. The van der Waals surface area contributed by atoms with Crippen molar-refractivity contribution in [2.45, 2.75) is 12.8 Å². The smallest absolute Gasteiger partial charge is 0.306 e. The highest BCUT2D eigenvalue weighted by Gasteiger charge is 2.10. The number of hydrogen-bond acceptors (Lipinski definition) is 5. The fraction of sp³-hybridized carbons (Fsp3) is 0.250. The first kappa shape index (κ1) is 13.4. The van der Waals surface area contributed by atoms with Crippen LogP contribution in [0.3, 0.4) is 0 Å². The fourth-order valence-corrected chi connectivity index (χ4v) is 2.36. The van der Waals surface area contributed by atoms with Crippen molar-refractivity contribution in [1.29, 1.82) is 0 Å². The normalized spacial score (nSPS) is 10.4. The molecule has 0 unspecified atom stereocenters. The Balaban J connectivity index is 2.01. The lowest BCUT2D eigenvalue weighted by Crippen LogP contribution is -2.13. The number of benzene rings is 1. The van der Waals surface area contributed by atoms with Gasteiger partial charge in [0.15, 0.2) is 5.13 Å². The van der Waals surface area contributed by atoms with E-state index in [-0.39, 0.29) is 24.6 Å². The Hall–Kier alpha value is -2.02. The number of carbonyl (C=O) groups is 2. The lowest BCUT2D eigenvalue weighted by Gasteiger charge is -2.00. The second-order valence-corrected chi connectivity index (χ2v) is 4.79. The highest BCUT2D eigenvalue weighted by atomic mass is 32.1. The first-order valence-corrected chi connectivity index (χ1v) is 6.33. The van der Waals surface area contributed by atoms with Gasteiger partial charge < -0.3 is 10.1 Å². The van der Waals surface area contributed by atoms with E-state index in [0.29, 0.717) is 15.3 Å². The molecule has 2 rings (SSSR count). The van der Waals surface area contributed by atoms with Crippen molar-refractivity contribution in [3.63, 3.8) is 0 Å². The van der Waals surface area contributed by atoms with Crippen LogP contribution < -0.4 is 5.32 Å². The molecule has 0 spiro atoms. The van der Waals surface area contributed by atoms with Crippen LogP contribution in [0.1, 0.15) is 12.8 Å². The maximum atomic E-state index is 13.0. The minimum atomic E-state index is -0.443. The average Bonchev–Trinajstić information content (AvgIpc) is 2.77. The van der Waals surface area contributed by atoms with E-state index in [2.05, 4.69) is 15.0 Å². The third-order valence-corrected chi connectivity index (χ3v) is 3.31. The molecule has 2 aromatic rings. The summed E-state index contributed by atoms with van der Waals surface area (Å²) in [6.45, 7) is 0. The van der Waals surface area contributed by atoms with Gasteiger partial charge in [0.2, 0.25) is 5.91 Å². The topological polar surface area (TPSA) is 68.3 Å². The van der Waals surface area contributed by atoms with Crippen molar-refractivity contribution >= 4 is 38.6 Å². The quantitative estimate of drug-likeness (QED) is 0.874. The zero-order valence-electron chi connectivity index (χ0n) is 10.1. The summed E-state index contributed by atoms with van der Waals surface area (Å²) in [5.74, 6) is -1.12. The predicted molar refractivity (Wildman–Crippen MR) is 69.5 cm³/mol. The number of rotatable bonds is 4. The number of nitrogens with one attached hydrogen (secondary N) is 1. The maximum Gasteiger partial charge on any atom is 0.306 e. The summed E-state index contributed by atoms with van der Waals surface area (Å²) in [6, 6.07) is 4.22. The lowest BCUT2D eigenvalue weighted by molar-refractivity contribution is -0.141. The fourth-order valence-electron chi connectivity index (χ4n) is 1.45. The molecule has 0 saturated heterocycles. The van der Waals surface area contributed by atoms with Gasteiger partial charge in [-0.25, -0.2) is 9.37 Å². The molecule has 1 heterocycles. The van der Waals surface area contributed by atoms with Crippen LogP contribution in [0.2, 0.25) is 0 Å². The predicted octanol–water partition coefficient (Wildman–Crippen LogP) is 2.33. The lowest BCUT2D eigenvalue weighted by atomic mass is 10.3. The van der Waals surface area contributed by atoms with Crippen LogP contribution in [-0.2, 0) is 14.3 Å². The zero-order valence-corrected chi connectivity index (χ0v) is 10.9. The Morgan fingerprint density at radius 3 is 2.95 bits per heavy atom. The summed E-state index contributed by atoms with van der Waals surface area (Å²) in [7, 11) is 1.27. The van der Waals surface area contributed by atoms with Crippen LogP contribution >= 0.6 is 11.3 Å². The Morgan fingerprint density at radius 1 is 1.42 bits per heavy atom. The molecule has 0 radical (unpaired) electrons. The molecule has 100 valence electrons. The molecule has 0 atom stereocenters. The van der Waals surface area contributed by atoms with Gasteiger partial charge in [-0.3, -0.25) is 9.59 Å². The van der Waals surface area contributed by atoms with Gasteiger partial charge in [0.25, 0.3) is 0 Å². The molecule has 1 amide bonds. The van der Waals surface area contributed by atoms with Gasteiger partial charge in [0.05, 0.1) is 23.7 Å². The third kappa shape index (κ3) is 3.47. The number of aromatic nitrogens is 1. The summed E-state index contributed by atoms with van der Waals surface area (Å²) in [5, 5.41) is 2.95. The van der Waals surface area contributed by atoms with Crippen molar-refractivity contribution in [1.82, 2.24) is 4.98 Å². The van der Waals surface area contributed by atoms with Gasteiger partial charge >= 0.3 is 5.97 Å². The Morgan fingerprint density at radius 2 is 2.21 bits per heavy atom. The molecule has 0 saturated carbocycles. The maximum absolute atomic E-state index is 13.0. The van der Waals surface area contributed by atoms with E-state index >= 15 is 0 Å². The molecule has 5 nitrogen and oxygen atoms in total. The second-order valence-electron chi connectivity index (χ2n) is 3.76. The molecular formula is C12H11FN2O3S. The average molecular weight is 282 g/mol. The first-order chi connectivity index (χ1) is 9.08. The second kappa shape index (κ2) is 5.75. The SMILES string of the molecule is COC(=O)CCC(=O)Nc1nc2ccc(F)cc2s1. The van der Waals surface area contributed by atoms with Gasteiger partial charge in [-0.1, -0.05) is 11.3 Å². The Kier molecular flexibility index (Phi) is 4.06. The summed E-state index contributed by atoms with van der Waals surface area (Å²) in [4.78, 5) is 26.6. The Bertz CT molecular complexity index is 626. The summed E-state index contributed by atoms with van der Waals surface area (Å²) in [5.41, 5.74) is 0.620. The van der Waals surface area contributed by atoms with Gasteiger partial charge in [0.1, 0.15) is 5.82 Å². The summed E-state index contributed by atoms with van der Waals surface area (Å²) in [6.07, 6.45) is 0.0405. The monoisotopic (exact) mass is 282 g/mol. The number of esters is 1. The molecule has 0 fully saturated rings. The summed E-state index contributed by atoms with van der Waals surface area (Å²) < 4.78 is 18.1. The van der Waals surface area contributed by atoms with Crippen LogP contribution in [0.5, 0.6) is 0 Å². The number of amides is 1. The molecule has 19 heavy (non-hydrogen) atoms. The number of anilines is 1. The van der Waals surface area contributed by atoms with E-state index in [1.807, 2.05) is 0 Å². The number of hydrogen-bond donors (Lipinski definition) is 1. The van der Waals surface area contributed by atoms with Crippen LogP contribution in [0.15, 0.2) is 18.2 Å². The molecule has 0 aliphatic heterocycles. The number of halogens is 1. The minimum Gasteiger partial charge on any atom is -0.469 e. The summed E-state index contributed by atoms with van der Waals surface area (Å²) >= 11 is 1.18. The van der Waals surface area contributed by atoms with Crippen LogP contribution in [-0.4, -0.2) is 24.0 Å². The largest absolute Gasteiger partial charge is 0.469 e. The molecule has 1 aromatic carbocycles. The standard InChI is InChI=1S/C12H11FN2O3S/c1-18-11(17)5-4-10(16)15-12-14-8-3-2-7(13)6-9(8)19-12/h2-3,6H,4-5H2,1H3,(H,14,15,16). The van der Waals surface area contributed by atoms with Crippen molar-refractivity contribution in [3.8, 4) is 0 Å². The van der Waals surface area contributed by atoms with E-state index in [9.17, 15) is 14.0 Å². The number of fused-ring (bicyclic) bond motifs is 1. The van der Waals surface area contributed by atoms with Gasteiger partial charge in [-0.05, 0) is 18.2 Å². The molecule has 0 aliphatic carbocycles. The number of methoxy groups -OCH3 is 1. The molecule has 0 aliphatic rings. The van der Waals surface area contributed by atoms with Crippen LogP contribution in [0.4, 0.5) is 9.52 Å². The highest BCUT2D eigenvalue weighted by Crippen LogP contribution is 2.26. The first-order valence-electron chi connectivity index (χ1n) is 5.51. The van der Waals surface area contributed by atoms with Crippen molar-refractivity contribution in [2.75, 3.05) is 12.4 Å². The molecule has 1 aromatic heterocycles. The van der Waals surface area contributed by atoms with E-state index in [1.54, 1.807) is 6.07 Å². The highest BCUT2D eigenvalue weighted by molar-refractivity contribution is 7.22.